The number of rotatable bonds is 5. The molecule has 21 heavy (non-hydrogen) atoms. The number of carboxylic acid groups (broad SMARTS) is 1. The predicted octanol–water partition coefficient (Wildman–Crippen LogP) is 1.01. The smallest absolute Gasteiger partial charge is 0.337 e. The highest BCUT2D eigenvalue weighted by molar-refractivity contribution is 6.01. The van der Waals surface area contributed by atoms with Gasteiger partial charge in [-0.25, -0.2) is 9.59 Å². The molecular formula is C14H19N3O4. The summed E-state index contributed by atoms with van der Waals surface area (Å²) < 4.78 is 0. The van der Waals surface area contributed by atoms with Gasteiger partial charge in [-0.15, -0.1) is 0 Å². The maximum Gasteiger partial charge on any atom is 0.337 e. The van der Waals surface area contributed by atoms with Crippen LogP contribution >= 0.6 is 0 Å². The van der Waals surface area contributed by atoms with Crippen molar-refractivity contribution in [3.8, 4) is 0 Å². The molecule has 0 aliphatic rings. The molecule has 114 valence electrons. The van der Waals surface area contributed by atoms with Crippen molar-refractivity contribution in [1.82, 2.24) is 10.2 Å². The highest BCUT2D eigenvalue weighted by Crippen LogP contribution is 2.19. The van der Waals surface area contributed by atoms with Crippen molar-refractivity contribution < 1.29 is 19.5 Å². The largest absolute Gasteiger partial charge is 0.478 e. The minimum absolute atomic E-state index is 0.0412. The molecule has 1 aromatic carbocycles. The molecule has 0 saturated heterocycles. The van der Waals surface area contributed by atoms with Gasteiger partial charge in [0.05, 0.1) is 11.3 Å². The lowest BCUT2D eigenvalue weighted by Crippen LogP contribution is -2.39. The highest BCUT2D eigenvalue weighted by Gasteiger charge is 2.17. The van der Waals surface area contributed by atoms with Gasteiger partial charge < -0.3 is 15.3 Å². The van der Waals surface area contributed by atoms with Crippen LogP contribution in [0.15, 0.2) is 24.3 Å². The Morgan fingerprint density at radius 1 is 1.14 bits per heavy atom. The van der Waals surface area contributed by atoms with E-state index in [0.717, 1.165) is 0 Å². The predicted molar refractivity (Wildman–Crippen MR) is 78.5 cm³/mol. The lowest BCUT2D eigenvalue weighted by molar-refractivity contribution is -0.128. The second kappa shape index (κ2) is 7.28. The third-order valence-electron chi connectivity index (χ3n) is 2.91. The number of carboxylic acids is 1. The number of carbonyl (C=O) groups is 3. The van der Waals surface area contributed by atoms with Gasteiger partial charge >= 0.3 is 12.0 Å². The van der Waals surface area contributed by atoms with Crippen molar-refractivity contribution in [3.63, 3.8) is 0 Å². The molecule has 0 saturated carbocycles. The molecule has 0 heterocycles. The molecular weight excluding hydrogens is 274 g/mol. The van der Waals surface area contributed by atoms with Crippen LogP contribution in [0.5, 0.6) is 0 Å². The summed E-state index contributed by atoms with van der Waals surface area (Å²) in [6.07, 6.45) is 0.188. The van der Waals surface area contributed by atoms with E-state index < -0.39 is 12.0 Å². The Morgan fingerprint density at radius 2 is 1.76 bits per heavy atom. The number of nitrogens with one attached hydrogen (secondary N) is 1. The number of anilines is 1. The minimum Gasteiger partial charge on any atom is -0.478 e. The van der Waals surface area contributed by atoms with Crippen molar-refractivity contribution in [3.05, 3.63) is 29.8 Å². The maximum atomic E-state index is 12.0. The first-order valence-corrected chi connectivity index (χ1v) is 6.38. The van der Waals surface area contributed by atoms with E-state index in [1.165, 1.54) is 22.9 Å². The van der Waals surface area contributed by atoms with E-state index in [1.54, 1.807) is 32.3 Å². The number of carbonyl (C=O) groups excluding carboxylic acids is 2. The summed E-state index contributed by atoms with van der Waals surface area (Å²) in [6, 6.07) is 5.76. The van der Waals surface area contributed by atoms with E-state index in [4.69, 9.17) is 5.11 Å². The molecule has 1 aromatic rings. The zero-order valence-corrected chi connectivity index (χ0v) is 12.3. The minimum atomic E-state index is -1.10. The van der Waals surface area contributed by atoms with E-state index in [0.29, 0.717) is 5.69 Å². The van der Waals surface area contributed by atoms with Crippen LogP contribution in [-0.2, 0) is 4.79 Å². The van der Waals surface area contributed by atoms with Gasteiger partial charge in [-0.2, -0.15) is 0 Å². The second-order valence-corrected chi connectivity index (χ2v) is 4.65. The maximum absolute atomic E-state index is 12.0. The van der Waals surface area contributed by atoms with Crippen molar-refractivity contribution in [2.75, 3.05) is 32.6 Å². The number of hydrogen-bond acceptors (Lipinski definition) is 3. The zero-order valence-electron chi connectivity index (χ0n) is 12.3. The van der Waals surface area contributed by atoms with Gasteiger partial charge in [0.25, 0.3) is 0 Å². The lowest BCUT2D eigenvalue weighted by Gasteiger charge is -2.20. The fourth-order valence-electron chi connectivity index (χ4n) is 1.67. The molecule has 3 amide bonds. The Balaban J connectivity index is 2.67. The van der Waals surface area contributed by atoms with Crippen LogP contribution in [-0.4, -0.2) is 55.6 Å². The summed E-state index contributed by atoms with van der Waals surface area (Å²) in [5, 5.41) is 11.7. The van der Waals surface area contributed by atoms with Crippen LogP contribution in [0.1, 0.15) is 16.8 Å². The Morgan fingerprint density at radius 3 is 2.33 bits per heavy atom. The number of hydrogen-bond donors (Lipinski definition) is 2. The summed E-state index contributed by atoms with van der Waals surface area (Å²) in [4.78, 5) is 37.1. The zero-order chi connectivity index (χ0) is 16.0. The normalized spacial score (nSPS) is 9.86. The quantitative estimate of drug-likeness (QED) is 0.847. The van der Waals surface area contributed by atoms with Gasteiger partial charge in [-0.3, -0.25) is 9.69 Å². The molecule has 0 aliphatic heterocycles. The van der Waals surface area contributed by atoms with Gasteiger partial charge in [0.15, 0.2) is 0 Å². The number of amides is 3. The molecule has 7 heteroatoms. The number of aromatic carboxylic acids is 1. The summed E-state index contributed by atoms with van der Waals surface area (Å²) in [5.74, 6) is -1.20. The van der Waals surface area contributed by atoms with Crippen molar-refractivity contribution in [2.45, 2.75) is 6.42 Å². The Kier molecular flexibility index (Phi) is 5.71. The average Bonchev–Trinajstić information content (AvgIpc) is 2.45. The monoisotopic (exact) mass is 293 g/mol. The Bertz CT molecular complexity index is 543. The molecule has 0 atom stereocenters. The fraction of sp³-hybridized carbons (Fsp3) is 0.357. The van der Waals surface area contributed by atoms with Crippen LogP contribution in [0.2, 0.25) is 0 Å². The van der Waals surface area contributed by atoms with Crippen LogP contribution in [0.3, 0.4) is 0 Å². The number of urea groups is 1. The molecule has 0 fully saturated rings. The molecule has 0 aliphatic carbocycles. The molecule has 1 rings (SSSR count). The van der Waals surface area contributed by atoms with E-state index in [2.05, 4.69) is 5.32 Å². The van der Waals surface area contributed by atoms with E-state index in [-0.39, 0.29) is 24.4 Å². The Hall–Kier alpha value is -2.57. The topological polar surface area (TPSA) is 90.0 Å². The molecule has 0 aromatic heterocycles. The van der Waals surface area contributed by atoms with E-state index in [1.807, 2.05) is 0 Å². The molecule has 7 nitrogen and oxygen atoms in total. The lowest BCUT2D eigenvalue weighted by atomic mass is 10.1. The van der Waals surface area contributed by atoms with Crippen LogP contribution in [0.4, 0.5) is 10.5 Å². The van der Waals surface area contributed by atoms with Gasteiger partial charge in [0, 0.05) is 34.1 Å². The van der Waals surface area contributed by atoms with Crippen molar-refractivity contribution in [1.29, 1.82) is 0 Å². The molecule has 2 N–H and O–H groups in total. The fourth-order valence-corrected chi connectivity index (χ4v) is 1.67. The number of nitrogens with zero attached hydrogens (tertiary/aromatic N) is 2. The Labute approximate surface area is 123 Å². The third kappa shape index (κ3) is 4.48. The SMILES string of the molecule is CN(C)C(=O)CCNC(=O)N(C)c1ccccc1C(=O)O. The van der Waals surface area contributed by atoms with Gasteiger partial charge in [0.1, 0.15) is 0 Å². The second-order valence-electron chi connectivity index (χ2n) is 4.65. The first kappa shape index (κ1) is 16.5. The summed E-state index contributed by atoms with van der Waals surface area (Å²) >= 11 is 0. The van der Waals surface area contributed by atoms with Crippen molar-refractivity contribution >= 4 is 23.6 Å². The first-order valence-electron chi connectivity index (χ1n) is 6.38. The number of para-hydroxylation sites is 1. The van der Waals surface area contributed by atoms with E-state index in [9.17, 15) is 14.4 Å². The van der Waals surface area contributed by atoms with Crippen LogP contribution < -0.4 is 10.2 Å². The van der Waals surface area contributed by atoms with Crippen molar-refractivity contribution in [2.24, 2.45) is 0 Å². The van der Waals surface area contributed by atoms with E-state index >= 15 is 0 Å². The van der Waals surface area contributed by atoms with Crippen LogP contribution in [0.25, 0.3) is 0 Å². The van der Waals surface area contributed by atoms with Gasteiger partial charge in [0.2, 0.25) is 5.91 Å². The summed E-state index contributed by atoms with van der Waals surface area (Å²) in [7, 11) is 4.75. The number of benzene rings is 1. The third-order valence-corrected chi connectivity index (χ3v) is 2.91. The first-order chi connectivity index (χ1) is 9.84. The molecule has 0 spiro atoms. The standard InChI is InChI=1S/C14H19N3O4/c1-16(2)12(18)8-9-15-14(21)17(3)11-7-5-4-6-10(11)13(19)20/h4-7H,8-9H2,1-3H3,(H,15,21)(H,19,20). The molecule has 0 bridgehead atoms. The van der Waals surface area contributed by atoms with Gasteiger partial charge in [-0.05, 0) is 12.1 Å². The summed E-state index contributed by atoms with van der Waals surface area (Å²) in [6.45, 7) is 0.190. The highest BCUT2D eigenvalue weighted by atomic mass is 16.4. The molecule has 0 radical (unpaired) electrons. The molecule has 0 unspecified atom stereocenters. The van der Waals surface area contributed by atoms with Crippen LogP contribution in [0, 0.1) is 0 Å². The van der Waals surface area contributed by atoms with Gasteiger partial charge in [-0.1, -0.05) is 12.1 Å². The average molecular weight is 293 g/mol. The summed E-state index contributed by atoms with van der Waals surface area (Å²) in [5.41, 5.74) is 0.334.